The zero-order chi connectivity index (χ0) is 17.0. The van der Waals surface area contributed by atoms with Crippen LogP contribution in [0.4, 0.5) is 35.7 Å². The van der Waals surface area contributed by atoms with Crippen molar-refractivity contribution in [2.24, 2.45) is 0 Å². The van der Waals surface area contributed by atoms with Gasteiger partial charge in [0.25, 0.3) is 0 Å². The van der Waals surface area contributed by atoms with Gasteiger partial charge in [0.2, 0.25) is 41.9 Å². The van der Waals surface area contributed by atoms with E-state index in [1.54, 1.807) is 0 Å². The van der Waals surface area contributed by atoms with Crippen molar-refractivity contribution in [2.45, 2.75) is 6.17 Å². The third-order valence-corrected chi connectivity index (χ3v) is 2.32. The Morgan fingerprint density at radius 1 is 0.826 bits per heavy atom. The van der Waals surface area contributed by atoms with Gasteiger partial charge in [-0.3, -0.25) is 0 Å². The van der Waals surface area contributed by atoms with Crippen LogP contribution in [0, 0.1) is 0 Å². The number of nitrogens with two attached hydrogens (primary N) is 4. The summed E-state index contributed by atoms with van der Waals surface area (Å²) >= 11 is 0. The van der Waals surface area contributed by atoms with Crippen LogP contribution in [-0.4, -0.2) is 49.1 Å². The molecule has 2 aromatic rings. The highest BCUT2D eigenvalue weighted by Gasteiger charge is 2.22. The van der Waals surface area contributed by atoms with E-state index in [0.29, 0.717) is 0 Å². The van der Waals surface area contributed by atoms with E-state index < -0.39 is 12.1 Å². The van der Waals surface area contributed by atoms with Gasteiger partial charge in [0.1, 0.15) is 0 Å². The molecule has 2 heterocycles. The number of nitrogens with one attached hydrogen (secondary N) is 2. The van der Waals surface area contributed by atoms with E-state index in [1.165, 1.54) is 7.11 Å². The summed E-state index contributed by atoms with van der Waals surface area (Å²) in [7, 11) is 1.19. The summed E-state index contributed by atoms with van der Waals surface area (Å²) in [5.41, 5.74) is 21.8. The monoisotopic (exact) mass is 322 g/mol. The van der Waals surface area contributed by atoms with Gasteiger partial charge in [-0.25, -0.2) is 4.79 Å². The fourth-order valence-electron chi connectivity index (χ4n) is 1.48. The number of hydrogen-bond donors (Lipinski definition) is 6. The summed E-state index contributed by atoms with van der Waals surface area (Å²) in [6.45, 7) is 0. The molecule has 0 unspecified atom stereocenters. The SMILES string of the molecule is COC(=O)C(Nc1nc(N)nc(N)n1)Nc1nc(N)nc(N)n1. The summed E-state index contributed by atoms with van der Waals surface area (Å²) in [5.74, 6) is -1.36. The largest absolute Gasteiger partial charge is 0.466 e. The number of aromatic nitrogens is 6. The molecule has 0 aliphatic rings. The first-order chi connectivity index (χ1) is 10.9. The van der Waals surface area contributed by atoms with Gasteiger partial charge in [0.05, 0.1) is 7.11 Å². The number of carbonyl (C=O) groups is 1. The first-order valence-electron chi connectivity index (χ1n) is 6.02. The number of anilines is 6. The number of carbonyl (C=O) groups excluding carboxylic acids is 1. The maximum absolute atomic E-state index is 11.8. The fourth-order valence-corrected chi connectivity index (χ4v) is 1.48. The molecular formula is C9H14N12O2. The van der Waals surface area contributed by atoms with Crippen LogP contribution in [0.1, 0.15) is 0 Å². The van der Waals surface area contributed by atoms with Gasteiger partial charge in [0.15, 0.2) is 0 Å². The first kappa shape index (κ1) is 15.7. The first-order valence-corrected chi connectivity index (χ1v) is 6.02. The topological polar surface area (TPSA) is 232 Å². The molecule has 0 fully saturated rings. The Balaban J connectivity index is 2.24. The zero-order valence-corrected chi connectivity index (χ0v) is 11.9. The highest BCUT2D eigenvalue weighted by Crippen LogP contribution is 2.09. The number of nitrogen functional groups attached to an aromatic ring is 4. The molecule has 0 aromatic carbocycles. The molecule has 0 spiro atoms. The Kier molecular flexibility index (Phi) is 4.34. The van der Waals surface area contributed by atoms with Gasteiger partial charge < -0.3 is 38.3 Å². The van der Waals surface area contributed by atoms with Crippen LogP contribution in [0.2, 0.25) is 0 Å². The van der Waals surface area contributed by atoms with Crippen molar-refractivity contribution < 1.29 is 9.53 Å². The van der Waals surface area contributed by atoms with Crippen molar-refractivity contribution in [3.63, 3.8) is 0 Å². The number of nitrogens with zero attached hydrogens (tertiary/aromatic N) is 6. The number of methoxy groups -OCH3 is 1. The lowest BCUT2D eigenvalue weighted by atomic mass is 10.5. The van der Waals surface area contributed by atoms with E-state index in [1.807, 2.05) is 0 Å². The molecule has 0 saturated heterocycles. The molecule has 0 radical (unpaired) electrons. The third kappa shape index (κ3) is 4.13. The van der Waals surface area contributed by atoms with Crippen molar-refractivity contribution in [1.82, 2.24) is 29.9 Å². The predicted octanol–water partition coefficient (Wildman–Crippen LogP) is -2.59. The van der Waals surface area contributed by atoms with Crippen molar-refractivity contribution in [3.8, 4) is 0 Å². The van der Waals surface area contributed by atoms with E-state index in [9.17, 15) is 4.79 Å². The van der Waals surface area contributed by atoms with E-state index >= 15 is 0 Å². The fraction of sp³-hybridized carbons (Fsp3) is 0.222. The molecular weight excluding hydrogens is 308 g/mol. The van der Waals surface area contributed by atoms with Crippen LogP contribution in [0.3, 0.4) is 0 Å². The van der Waals surface area contributed by atoms with Crippen molar-refractivity contribution >= 4 is 41.7 Å². The zero-order valence-electron chi connectivity index (χ0n) is 11.9. The van der Waals surface area contributed by atoms with Crippen molar-refractivity contribution in [3.05, 3.63) is 0 Å². The van der Waals surface area contributed by atoms with E-state index in [0.717, 1.165) is 0 Å². The average molecular weight is 322 g/mol. The molecule has 2 rings (SSSR count). The second-order valence-electron chi connectivity index (χ2n) is 4.00. The standard InChI is InChI=1S/C9H14N12O2/c1-23-3(22)2(14-8-18-4(10)16-5(11)19-8)15-9-20-6(12)17-7(13)21-9/h2H,1H3,(H5,10,11,14,16,18,19)(H5,12,13,15,17,20,21). The van der Waals surface area contributed by atoms with Crippen molar-refractivity contribution in [1.29, 1.82) is 0 Å². The molecule has 122 valence electrons. The molecule has 0 atom stereocenters. The maximum atomic E-state index is 11.8. The molecule has 23 heavy (non-hydrogen) atoms. The molecule has 10 N–H and O–H groups in total. The number of ether oxygens (including phenoxy) is 1. The van der Waals surface area contributed by atoms with Gasteiger partial charge in [0, 0.05) is 0 Å². The van der Waals surface area contributed by atoms with Gasteiger partial charge >= 0.3 is 5.97 Å². The molecule has 0 aliphatic carbocycles. The molecule has 2 aromatic heterocycles. The quantitative estimate of drug-likeness (QED) is 0.245. The average Bonchev–Trinajstić information content (AvgIpc) is 2.43. The Hall–Kier alpha value is -3.71. The van der Waals surface area contributed by atoms with E-state index in [4.69, 9.17) is 22.9 Å². The van der Waals surface area contributed by atoms with Crippen LogP contribution >= 0.6 is 0 Å². The Labute approximate surface area is 129 Å². The lowest BCUT2D eigenvalue weighted by Gasteiger charge is -2.17. The van der Waals surface area contributed by atoms with Gasteiger partial charge in [-0.05, 0) is 0 Å². The summed E-state index contributed by atoms with van der Waals surface area (Å²) < 4.78 is 4.65. The second kappa shape index (κ2) is 6.37. The van der Waals surface area contributed by atoms with E-state index in [2.05, 4.69) is 45.3 Å². The minimum Gasteiger partial charge on any atom is -0.466 e. The molecule has 14 heteroatoms. The minimum atomic E-state index is -1.18. The Bertz CT molecular complexity index is 628. The maximum Gasteiger partial charge on any atom is 0.349 e. The normalized spacial score (nSPS) is 10.3. The van der Waals surface area contributed by atoms with Crippen LogP contribution in [0.25, 0.3) is 0 Å². The van der Waals surface area contributed by atoms with Gasteiger partial charge in [-0.2, -0.15) is 29.9 Å². The molecule has 0 amide bonds. The van der Waals surface area contributed by atoms with Crippen molar-refractivity contribution in [2.75, 3.05) is 40.7 Å². The lowest BCUT2D eigenvalue weighted by Crippen LogP contribution is -2.39. The van der Waals surface area contributed by atoms with E-state index in [-0.39, 0.29) is 35.7 Å². The summed E-state index contributed by atoms with van der Waals surface area (Å²) in [4.78, 5) is 34.2. The summed E-state index contributed by atoms with van der Waals surface area (Å²) in [6, 6.07) is 0. The van der Waals surface area contributed by atoms with Gasteiger partial charge in [-0.15, -0.1) is 0 Å². The third-order valence-electron chi connectivity index (χ3n) is 2.32. The Morgan fingerprint density at radius 3 is 1.48 bits per heavy atom. The molecule has 14 nitrogen and oxygen atoms in total. The molecule has 0 bridgehead atoms. The van der Waals surface area contributed by atoms with Crippen LogP contribution < -0.4 is 33.6 Å². The second-order valence-corrected chi connectivity index (χ2v) is 4.00. The summed E-state index contributed by atoms with van der Waals surface area (Å²) in [5, 5.41) is 5.22. The Morgan fingerprint density at radius 2 is 1.17 bits per heavy atom. The number of hydrogen-bond acceptors (Lipinski definition) is 14. The van der Waals surface area contributed by atoms with Crippen LogP contribution in [-0.2, 0) is 9.53 Å². The molecule has 0 saturated carbocycles. The molecule has 0 aliphatic heterocycles. The summed E-state index contributed by atoms with van der Waals surface area (Å²) in [6.07, 6.45) is -1.18. The predicted molar refractivity (Wildman–Crippen MR) is 80.4 cm³/mol. The minimum absolute atomic E-state index is 0.0621. The number of esters is 1. The highest BCUT2D eigenvalue weighted by molar-refractivity contribution is 5.81. The van der Waals surface area contributed by atoms with Crippen LogP contribution in [0.15, 0.2) is 0 Å². The van der Waals surface area contributed by atoms with Gasteiger partial charge in [-0.1, -0.05) is 0 Å². The number of rotatable bonds is 5. The smallest absolute Gasteiger partial charge is 0.349 e. The lowest BCUT2D eigenvalue weighted by molar-refractivity contribution is -0.140. The highest BCUT2D eigenvalue weighted by atomic mass is 16.5. The van der Waals surface area contributed by atoms with Crippen LogP contribution in [0.5, 0.6) is 0 Å².